The number of rotatable bonds is 5. The van der Waals surface area contributed by atoms with E-state index in [4.69, 9.17) is 21.1 Å². The van der Waals surface area contributed by atoms with E-state index >= 15 is 0 Å². The van der Waals surface area contributed by atoms with Crippen molar-refractivity contribution in [3.63, 3.8) is 0 Å². The van der Waals surface area contributed by atoms with Crippen molar-refractivity contribution in [1.82, 2.24) is 14.8 Å². The van der Waals surface area contributed by atoms with E-state index in [0.717, 1.165) is 73.2 Å². The molecule has 3 fully saturated rings. The monoisotopic (exact) mass is 784 g/mol. The molecule has 3 N–H and O–H groups in total. The molecule has 1 saturated carbocycles. The Labute approximate surface area is 335 Å². The number of fused-ring (bicyclic) bond motifs is 6. The molecule has 5 aliphatic heterocycles. The van der Waals surface area contributed by atoms with E-state index in [0.29, 0.717) is 30.8 Å². The molecule has 2 saturated heterocycles. The maximum atomic E-state index is 14.3. The summed E-state index contributed by atoms with van der Waals surface area (Å²) in [6, 6.07) is 9.89. The number of methoxy groups -OCH3 is 1. The van der Waals surface area contributed by atoms with Crippen LogP contribution in [0.2, 0.25) is 5.02 Å². The molecule has 1 aromatic heterocycles. The van der Waals surface area contributed by atoms with Crippen molar-refractivity contribution in [1.29, 1.82) is 0 Å². The number of carbonyl (C=O) groups is 2. The second-order valence-corrected chi connectivity index (χ2v) is 18.8. The summed E-state index contributed by atoms with van der Waals surface area (Å²) in [5, 5.41) is 27.0. The normalized spacial score (nSPS) is 38.5. The number of nitrogens with zero attached hydrogens (tertiary/aromatic N) is 3. The van der Waals surface area contributed by atoms with Gasteiger partial charge in [-0.15, -0.1) is 0 Å². The Balaban J connectivity index is 1.30. The highest BCUT2D eigenvalue weighted by Crippen LogP contribution is 2.68. The lowest BCUT2D eigenvalue weighted by Gasteiger charge is -2.63. The summed E-state index contributed by atoms with van der Waals surface area (Å²) in [6.07, 6.45) is 7.42. The Morgan fingerprint density at radius 3 is 2.55 bits per heavy atom. The molecule has 3 unspecified atom stereocenters. The van der Waals surface area contributed by atoms with Crippen LogP contribution in [0.5, 0.6) is 0 Å². The predicted octanol–water partition coefficient (Wildman–Crippen LogP) is 5.79. The number of piperidine rings is 1. The van der Waals surface area contributed by atoms with Gasteiger partial charge in [0.2, 0.25) is 5.60 Å². The van der Waals surface area contributed by atoms with Crippen LogP contribution in [0, 0.1) is 18.3 Å². The summed E-state index contributed by atoms with van der Waals surface area (Å²) in [7, 11) is 3.28. The van der Waals surface area contributed by atoms with Crippen molar-refractivity contribution in [3.8, 4) is 0 Å². The highest BCUT2D eigenvalue weighted by atomic mass is 35.5. The molecule has 6 aliphatic rings. The number of likely N-dealkylation sites (N-methyl/N-ethyl adjacent to an activating group) is 1. The van der Waals surface area contributed by atoms with Crippen LogP contribution in [0.3, 0.4) is 0 Å². The molecule has 3 aromatic rings. The van der Waals surface area contributed by atoms with Gasteiger partial charge in [0.15, 0.2) is 6.10 Å². The van der Waals surface area contributed by atoms with Crippen LogP contribution >= 0.6 is 11.6 Å². The van der Waals surface area contributed by atoms with Gasteiger partial charge in [-0.1, -0.05) is 43.7 Å². The van der Waals surface area contributed by atoms with E-state index < -0.39 is 51.5 Å². The van der Waals surface area contributed by atoms with E-state index in [1.165, 1.54) is 30.9 Å². The van der Waals surface area contributed by atoms with E-state index in [1.54, 1.807) is 0 Å². The lowest BCUT2D eigenvalue weighted by Crippen LogP contribution is -2.81. The average molecular weight is 785 g/mol. The van der Waals surface area contributed by atoms with Gasteiger partial charge in [0.25, 0.3) is 0 Å². The van der Waals surface area contributed by atoms with Gasteiger partial charge >= 0.3 is 11.9 Å². The fourth-order valence-corrected chi connectivity index (χ4v) is 13.7. The number of nitrogens with one attached hydrogen (secondary N) is 1. The van der Waals surface area contributed by atoms with Crippen LogP contribution in [-0.4, -0.2) is 113 Å². The van der Waals surface area contributed by atoms with Gasteiger partial charge < -0.3 is 29.6 Å². The first-order valence-corrected chi connectivity index (χ1v) is 21.0. The summed E-state index contributed by atoms with van der Waals surface area (Å²) in [5.41, 5.74) is 2.94. The number of ether oxygens (including phenoxy) is 2. The molecule has 0 radical (unpaired) electrons. The summed E-state index contributed by atoms with van der Waals surface area (Å²) >= 11 is 6.68. The molecule has 1 aliphatic carbocycles. The summed E-state index contributed by atoms with van der Waals surface area (Å²) in [5.74, 6) is -1.09. The van der Waals surface area contributed by atoms with E-state index in [2.05, 4.69) is 83.8 Å². The van der Waals surface area contributed by atoms with Crippen molar-refractivity contribution in [2.45, 2.75) is 113 Å². The van der Waals surface area contributed by atoms with Gasteiger partial charge in [-0.2, -0.15) is 0 Å². The molecule has 1 spiro atoms. The lowest BCUT2D eigenvalue weighted by molar-refractivity contribution is -0.228. The number of benzene rings is 2. The van der Waals surface area contributed by atoms with E-state index in [9.17, 15) is 19.8 Å². The third-order valence-corrected chi connectivity index (χ3v) is 15.7. The number of anilines is 1. The molecule has 6 heterocycles. The van der Waals surface area contributed by atoms with Gasteiger partial charge in [0, 0.05) is 89.7 Å². The van der Waals surface area contributed by atoms with Crippen molar-refractivity contribution in [2.75, 3.05) is 51.8 Å². The summed E-state index contributed by atoms with van der Waals surface area (Å²) in [4.78, 5) is 38.2. The van der Waals surface area contributed by atoms with Crippen molar-refractivity contribution < 1.29 is 29.3 Å². The maximum Gasteiger partial charge on any atom is 0.344 e. The van der Waals surface area contributed by atoms with Crippen molar-refractivity contribution >= 4 is 40.1 Å². The third kappa shape index (κ3) is 4.95. The first kappa shape index (κ1) is 38.1. The zero-order valence-corrected chi connectivity index (χ0v) is 34.6. The van der Waals surface area contributed by atoms with Crippen LogP contribution in [-0.2, 0) is 36.3 Å². The number of halogens is 1. The maximum absolute atomic E-state index is 14.3. The first-order chi connectivity index (χ1) is 26.6. The van der Waals surface area contributed by atoms with Crippen molar-refractivity contribution in [3.05, 3.63) is 75.5 Å². The van der Waals surface area contributed by atoms with Gasteiger partial charge in [-0.3, -0.25) is 14.6 Å². The largest absolute Gasteiger partial charge is 0.467 e. The quantitative estimate of drug-likeness (QED) is 0.218. The highest BCUT2D eigenvalue weighted by molar-refractivity contribution is 6.31. The standard InChI is InChI=1S/C45H57ClN4O6/c1-8-42(53)23-28-22-41(5,36-30(13-17-49(24-28)25-42)31-20-29(46)11-12-34(31)47-36)32-21-33-35(19-26(32)3)48(6)38-44(33)15-18-50-16-10-14-43(9-2,37(44)50)39(56-27(4)51)45(38,54)40(52)55-7/h10-12,14,19-21,28,37-39,47,53-54H,8-9,13,15-18,22-25H2,1-7H3/t28-,37+,38?,39-,41-,42+,43-,44-,45?/m1/s1. The molecule has 2 bridgehead atoms. The van der Waals surface area contributed by atoms with Crippen LogP contribution in [0.1, 0.15) is 87.7 Å². The number of H-pyrrole nitrogens is 1. The fourth-order valence-electron chi connectivity index (χ4n) is 13.5. The van der Waals surface area contributed by atoms with Gasteiger partial charge in [-0.05, 0) is 111 Å². The minimum Gasteiger partial charge on any atom is -0.467 e. The Kier molecular flexibility index (Phi) is 8.71. The van der Waals surface area contributed by atoms with Crippen LogP contribution in [0.15, 0.2) is 42.5 Å². The Morgan fingerprint density at radius 1 is 1.05 bits per heavy atom. The molecule has 0 amide bonds. The van der Waals surface area contributed by atoms with Gasteiger partial charge in [0.05, 0.1) is 18.8 Å². The molecule has 11 heteroatoms. The van der Waals surface area contributed by atoms with Gasteiger partial charge in [-0.25, -0.2) is 4.79 Å². The fraction of sp³-hybridized carbons (Fsp3) is 0.600. The predicted molar refractivity (Wildman–Crippen MR) is 217 cm³/mol. The number of hydrogen-bond acceptors (Lipinski definition) is 9. The number of esters is 2. The van der Waals surface area contributed by atoms with Crippen LogP contribution in [0.4, 0.5) is 5.69 Å². The second-order valence-electron chi connectivity index (χ2n) is 18.4. The molecule has 10 nitrogen and oxygen atoms in total. The zero-order valence-electron chi connectivity index (χ0n) is 33.9. The number of aryl methyl sites for hydroxylation is 1. The molecular weight excluding hydrogens is 728 g/mol. The molecule has 56 heavy (non-hydrogen) atoms. The van der Waals surface area contributed by atoms with Gasteiger partial charge in [0.1, 0.15) is 0 Å². The number of aliphatic hydroxyl groups is 2. The number of hydrogen-bond donors (Lipinski definition) is 3. The van der Waals surface area contributed by atoms with Crippen molar-refractivity contribution in [2.24, 2.45) is 11.3 Å². The molecular formula is C45H57ClN4O6. The summed E-state index contributed by atoms with van der Waals surface area (Å²) in [6.45, 7) is 14.0. The lowest BCUT2D eigenvalue weighted by atomic mass is 9.47. The zero-order chi connectivity index (χ0) is 39.7. The topological polar surface area (TPSA) is 119 Å². The second kappa shape index (κ2) is 12.8. The number of carbonyl (C=O) groups excluding carboxylic acids is 2. The minimum atomic E-state index is -2.17. The highest BCUT2D eigenvalue weighted by Gasteiger charge is 2.80. The Hall–Kier alpha value is -3.41. The third-order valence-electron chi connectivity index (χ3n) is 15.5. The molecule has 10 atom stereocenters. The Morgan fingerprint density at radius 2 is 1.84 bits per heavy atom. The van der Waals surface area contributed by atoms with Crippen LogP contribution in [0.25, 0.3) is 10.9 Å². The van der Waals surface area contributed by atoms with Crippen LogP contribution < -0.4 is 4.90 Å². The average Bonchev–Trinajstić information content (AvgIpc) is 3.82. The molecule has 9 rings (SSSR count). The van der Waals surface area contributed by atoms with E-state index in [-0.39, 0.29) is 12.0 Å². The minimum absolute atomic E-state index is 0.158. The number of aromatic nitrogens is 1. The SMILES string of the molecule is CC[C@]1(O)C[C@@H]2CN(CCc3c([nH]c4ccc(Cl)cc34)[C@@](C)(c3cc4c(cc3C)N(C)C3C(O)(C(=O)OC)[C@H](OC(C)=O)[C@]5(CC)C=CCN6CC[C@]43[C@@H]65)C2)C1. The van der Waals surface area contributed by atoms with E-state index in [1.807, 2.05) is 13.1 Å². The molecule has 2 aromatic carbocycles. The first-order valence-electron chi connectivity index (χ1n) is 20.6. The summed E-state index contributed by atoms with van der Waals surface area (Å²) < 4.78 is 11.7. The smallest absolute Gasteiger partial charge is 0.344 e. The number of aromatic amines is 1. The molecule has 300 valence electrons. The Bertz CT molecular complexity index is 2170.